The van der Waals surface area contributed by atoms with Crippen molar-refractivity contribution in [3.05, 3.63) is 35.9 Å². The Kier molecular flexibility index (Phi) is 2.96. The molecule has 0 bridgehead atoms. The molecule has 2 aliphatic rings. The van der Waals surface area contributed by atoms with Crippen molar-refractivity contribution < 1.29 is 4.79 Å². The highest BCUT2D eigenvalue weighted by atomic mass is 35.5. The van der Waals surface area contributed by atoms with Crippen molar-refractivity contribution >= 4 is 17.4 Å². The van der Waals surface area contributed by atoms with Crippen LogP contribution in [0.1, 0.15) is 36.6 Å². The molecule has 0 amide bonds. The third kappa shape index (κ3) is 2.01. The standard InChI is InChI=1S/C15H17ClO/c16-14(10-6-2-1-3-7-10)15(17)13-11-8-4-5-9-12(11)13/h1-3,6-7,11-14H,4-5,8-9H2. The third-order valence-corrected chi connectivity index (χ3v) is 4.79. The van der Waals surface area contributed by atoms with Gasteiger partial charge in [-0.3, -0.25) is 4.79 Å². The van der Waals surface area contributed by atoms with Crippen LogP contribution in [0.4, 0.5) is 0 Å². The summed E-state index contributed by atoms with van der Waals surface area (Å²) in [6.07, 6.45) is 5.06. The first kappa shape index (κ1) is 11.3. The van der Waals surface area contributed by atoms with E-state index < -0.39 is 5.38 Å². The van der Waals surface area contributed by atoms with Gasteiger partial charge in [0.1, 0.15) is 5.38 Å². The molecule has 1 nitrogen and oxygen atoms in total. The van der Waals surface area contributed by atoms with Crippen LogP contribution in [0.5, 0.6) is 0 Å². The number of hydrogen-bond acceptors (Lipinski definition) is 1. The van der Waals surface area contributed by atoms with Gasteiger partial charge in [-0.15, -0.1) is 11.6 Å². The lowest BCUT2D eigenvalue weighted by molar-refractivity contribution is -0.120. The summed E-state index contributed by atoms with van der Waals surface area (Å²) >= 11 is 6.31. The molecule has 0 radical (unpaired) electrons. The highest BCUT2D eigenvalue weighted by Gasteiger charge is 2.55. The maximum absolute atomic E-state index is 12.3. The molecular weight excluding hydrogens is 232 g/mol. The van der Waals surface area contributed by atoms with E-state index in [2.05, 4.69) is 0 Å². The predicted octanol–water partition coefficient (Wildman–Crippen LogP) is 3.97. The lowest BCUT2D eigenvalue weighted by atomic mass is 10.0. The molecule has 2 heteroatoms. The van der Waals surface area contributed by atoms with Crippen molar-refractivity contribution in [2.24, 2.45) is 17.8 Å². The molecule has 1 aromatic carbocycles. The lowest BCUT2D eigenvalue weighted by Crippen LogP contribution is -2.11. The molecule has 2 aliphatic carbocycles. The van der Waals surface area contributed by atoms with E-state index in [1.54, 1.807) is 0 Å². The van der Waals surface area contributed by atoms with Gasteiger partial charge < -0.3 is 0 Å². The van der Waals surface area contributed by atoms with E-state index in [1.165, 1.54) is 25.7 Å². The molecule has 17 heavy (non-hydrogen) atoms. The minimum atomic E-state index is -0.438. The third-order valence-electron chi connectivity index (χ3n) is 4.33. The van der Waals surface area contributed by atoms with E-state index in [4.69, 9.17) is 11.6 Å². The number of carbonyl (C=O) groups is 1. The Hall–Kier alpha value is -0.820. The Morgan fingerprint density at radius 1 is 1.12 bits per heavy atom. The van der Waals surface area contributed by atoms with Gasteiger partial charge in [0.25, 0.3) is 0 Å². The number of Topliss-reactive ketones (excluding diaryl/α,β-unsaturated/α-hetero) is 1. The minimum absolute atomic E-state index is 0.259. The van der Waals surface area contributed by atoms with E-state index in [0.717, 1.165) is 5.56 Å². The van der Waals surface area contributed by atoms with E-state index >= 15 is 0 Å². The molecule has 0 N–H and O–H groups in total. The molecular formula is C15H17ClO. The lowest BCUT2D eigenvalue weighted by Gasteiger charge is -2.08. The van der Waals surface area contributed by atoms with Crippen molar-refractivity contribution in [1.29, 1.82) is 0 Å². The van der Waals surface area contributed by atoms with Gasteiger partial charge in [-0.1, -0.05) is 43.2 Å². The molecule has 0 aromatic heterocycles. The van der Waals surface area contributed by atoms with Crippen molar-refractivity contribution in [2.75, 3.05) is 0 Å². The molecule has 1 aromatic rings. The SMILES string of the molecule is O=C(C(Cl)c1ccccc1)C1C2CCCCC21. The van der Waals surface area contributed by atoms with Crippen LogP contribution in [0.3, 0.4) is 0 Å². The van der Waals surface area contributed by atoms with Gasteiger partial charge in [-0.05, 0) is 30.2 Å². The number of alkyl halides is 1. The molecule has 0 saturated heterocycles. The molecule has 2 fully saturated rings. The number of halogens is 1. The van der Waals surface area contributed by atoms with E-state index in [0.29, 0.717) is 11.8 Å². The summed E-state index contributed by atoms with van der Waals surface area (Å²) in [4.78, 5) is 12.3. The normalized spacial score (nSPS) is 32.6. The molecule has 90 valence electrons. The number of hydrogen-bond donors (Lipinski definition) is 0. The van der Waals surface area contributed by atoms with Gasteiger partial charge in [0.15, 0.2) is 5.78 Å². The molecule has 3 unspecified atom stereocenters. The highest BCUT2D eigenvalue weighted by molar-refractivity contribution is 6.31. The van der Waals surface area contributed by atoms with Crippen LogP contribution >= 0.6 is 11.6 Å². The quantitative estimate of drug-likeness (QED) is 0.740. The fourth-order valence-electron chi connectivity index (χ4n) is 3.37. The first-order valence-electron chi connectivity index (χ1n) is 6.52. The zero-order valence-corrected chi connectivity index (χ0v) is 10.6. The average Bonchev–Trinajstić information content (AvgIpc) is 3.12. The number of fused-ring (bicyclic) bond motifs is 1. The zero-order valence-electron chi connectivity index (χ0n) is 9.81. The first-order valence-corrected chi connectivity index (χ1v) is 6.95. The Morgan fingerprint density at radius 3 is 2.29 bits per heavy atom. The van der Waals surface area contributed by atoms with Crippen LogP contribution in [0.2, 0.25) is 0 Å². The number of benzene rings is 1. The largest absolute Gasteiger partial charge is 0.297 e. The first-order chi connectivity index (χ1) is 8.29. The van der Waals surface area contributed by atoms with E-state index in [1.807, 2.05) is 30.3 Å². The summed E-state index contributed by atoms with van der Waals surface area (Å²) in [7, 11) is 0. The molecule has 0 heterocycles. The van der Waals surface area contributed by atoms with Crippen LogP contribution < -0.4 is 0 Å². The minimum Gasteiger partial charge on any atom is -0.297 e. The zero-order chi connectivity index (χ0) is 11.8. The monoisotopic (exact) mass is 248 g/mol. The van der Waals surface area contributed by atoms with Gasteiger partial charge in [0.2, 0.25) is 0 Å². The molecule has 3 rings (SSSR count). The van der Waals surface area contributed by atoms with E-state index in [9.17, 15) is 4.79 Å². The van der Waals surface area contributed by atoms with Crippen molar-refractivity contribution in [1.82, 2.24) is 0 Å². The summed E-state index contributed by atoms with van der Waals surface area (Å²) in [6, 6.07) is 9.73. The average molecular weight is 249 g/mol. The summed E-state index contributed by atoms with van der Waals surface area (Å²) in [5, 5.41) is -0.438. The van der Waals surface area contributed by atoms with Crippen LogP contribution in [-0.4, -0.2) is 5.78 Å². The number of rotatable bonds is 3. The fourth-order valence-corrected chi connectivity index (χ4v) is 3.66. The Morgan fingerprint density at radius 2 is 1.71 bits per heavy atom. The van der Waals surface area contributed by atoms with Crippen molar-refractivity contribution in [2.45, 2.75) is 31.1 Å². The summed E-state index contributed by atoms with van der Waals surface area (Å²) in [5.41, 5.74) is 0.947. The van der Waals surface area contributed by atoms with Gasteiger partial charge >= 0.3 is 0 Å². The Labute approximate surface area is 107 Å². The van der Waals surface area contributed by atoms with Crippen LogP contribution in [0.15, 0.2) is 30.3 Å². The molecule has 0 aliphatic heterocycles. The second kappa shape index (κ2) is 4.45. The summed E-state index contributed by atoms with van der Waals surface area (Å²) in [5.74, 6) is 1.83. The Balaban J connectivity index is 1.71. The second-order valence-electron chi connectivity index (χ2n) is 5.31. The predicted molar refractivity (Wildman–Crippen MR) is 69.0 cm³/mol. The van der Waals surface area contributed by atoms with Crippen molar-refractivity contribution in [3.63, 3.8) is 0 Å². The van der Waals surface area contributed by atoms with Gasteiger partial charge in [0.05, 0.1) is 0 Å². The maximum atomic E-state index is 12.3. The van der Waals surface area contributed by atoms with Crippen LogP contribution in [-0.2, 0) is 4.79 Å². The van der Waals surface area contributed by atoms with Gasteiger partial charge in [-0.25, -0.2) is 0 Å². The molecule has 2 saturated carbocycles. The number of carbonyl (C=O) groups excluding carboxylic acids is 1. The fraction of sp³-hybridized carbons (Fsp3) is 0.533. The summed E-state index contributed by atoms with van der Waals surface area (Å²) in [6.45, 7) is 0. The Bertz CT molecular complexity index is 402. The van der Waals surface area contributed by atoms with Gasteiger partial charge in [0, 0.05) is 5.92 Å². The molecule has 0 spiro atoms. The van der Waals surface area contributed by atoms with Gasteiger partial charge in [-0.2, -0.15) is 0 Å². The maximum Gasteiger partial charge on any atom is 0.158 e. The smallest absolute Gasteiger partial charge is 0.158 e. The highest BCUT2D eigenvalue weighted by Crippen LogP contribution is 2.57. The van der Waals surface area contributed by atoms with Crippen LogP contribution in [0.25, 0.3) is 0 Å². The van der Waals surface area contributed by atoms with Crippen molar-refractivity contribution in [3.8, 4) is 0 Å². The van der Waals surface area contributed by atoms with Crippen LogP contribution in [0, 0.1) is 17.8 Å². The molecule has 3 atom stereocenters. The number of ketones is 1. The second-order valence-corrected chi connectivity index (χ2v) is 5.75. The topological polar surface area (TPSA) is 17.1 Å². The van der Waals surface area contributed by atoms with E-state index in [-0.39, 0.29) is 11.7 Å². The summed E-state index contributed by atoms with van der Waals surface area (Å²) < 4.78 is 0.